The van der Waals surface area contributed by atoms with Gasteiger partial charge in [-0.2, -0.15) is 0 Å². The molecule has 3 aromatic rings. The zero-order valence-electron chi connectivity index (χ0n) is 14.8. The van der Waals surface area contributed by atoms with Crippen molar-refractivity contribution in [1.29, 1.82) is 0 Å². The Hall–Kier alpha value is -3.46. The van der Waals surface area contributed by atoms with Gasteiger partial charge in [0, 0.05) is 28.7 Å². The fraction of sp³-hybridized carbons (Fsp3) is 0.105. The van der Waals surface area contributed by atoms with Crippen LogP contribution in [0.1, 0.15) is 11.5 Å². The second-order valence-electron chi connectivity index (χ2n) is 5.52. The quantitative estimate of drug-likeness (QED) is 0.193. The highest BCUT2D eigenvalue weighted by Crippen LogP contribution is 2.21. The van der Waals surface area contributed by atoms with Crippen LogP contribution < -0.4 is 0 Å². The molecular formula is C19H15N3O5S. The Balaban J connectivity index is 1.55. The van der Waals surface area contributed by atoms with Gasteiger partial charge in [-0.15, -0.1) is 22.0 Å². The number of nitrogens with zero attached hydrogens (tertiary/aromatic N) is 3. The average Bonchev–Trinajstić information content (AvgIpc) is 3.20. The van der Waals surface area contributed by atoms with Crippen molar-refractivity contribution in [3.63, 3.8) is 0 Å². The highest BCUT2D eigenvalue weighted by atomic mass is 32.2. The molecule has 0 amide bonds. The second-order valence-corrected chi connectivity index (χ2v) is 6.40. The number of non-ortho nitro benzene ring substituents is 1. The Morgan fingerprint density at radius 1 is 1.18 bits per heavy atom. The second kappa shape index (κ2) is 8.96. The van der Waals surface area contributed by atoms with E-state index in [1.54, 1.807) is 17.8 Å². The van der Waals surface area contributed by atoms with Crippen LogP contribution >= 0.6 is 11.8 Å². The SMILES string of the molecule is CSc1ccc(/C=C/C(=O)OCc2nnc(-c3ccc([N+](=O)[O-])cc3)o2)cc1. The van der Waals surface area contributed by atoms with Crippen molar-refractivity contribution >= 4 is 29.5 Å². The smallest absolute Gasteiger partial charge is 0.331 e. The van der Waals surface area contributed by atoms with Gasteiger partial charge in [-0.25, -0.2) is 4.79 Å². The number of benzene rings is 2. The van der Waals surface area contributed by atoms with E-state index in [9.17, 15) is 14.9 Å². The lowest BCUT2D eigenvalue weighted by molar-refractivity contribution is -0.384. The van der Waals surface area contributed by atoms with E-state index in [0.29, 0.717) is 5.56 Å². The first-order valence-corrected chi connectivity index (χ1v) is 9.34. The molecule has 8 nitrogen and oxygen atoms in total. The lowest BCUT2D eigenvalue weighted by atomic mass is 10.2. The van der Waals surface area contributed by atoms with Gasteiger partial charge in [0.1, 0.15) is 0 Å². The van der Waals surface area contributed by atoms with Gasteiger partial charge < -0.3 is 9.15 Å². The number of aromatic nitrogens is 2. The number of carbonyl (C=O) groups is 1. The van der Waals surface area contributed by atoms with Gasteiger partial charge in [-0.3, -0.25) is 10.1 Å². The van der Waals surface area contributed by atoms with E-state index in [1.807, 2.05) is 30.5 Å². The Bertz CT molecular complexity index is 997. The van der Waals surface area contributed by atoms with E-state index >= 15 is 0 Å². The number of nitro benzene ring substituents is 1. The van der Waals surface area contributed by atoms with Gasteiger partial charge in [0.2, 0.25) is 5.89 Å². The van der Waals surface area contributed by atoms with Crippen LogP contribution in [-0.2, 0) is 16.1 Å². The molecule has 0 unspecified atom stereocenters. The Morgan fingerprint density at radius 3 is 2.54 bits per heavy atom. The van der Waals surface area contributed by atoms with Crippen molar-refractivity contribution < 1.29 is 18.9 Å². The summed E-state index contributed by atoms with van der Waals surface area (Å²) in [5.41, 5.74) is 1.38. The molecule has 0 bridgehead atoms. The normalized spacial score (nSPS) is 10.9. The average molecular weight is 397 g/mol. The molecule has 142 valence electrons. The fourth-order valence-electron chi connectivity index (χ4n) is 2.21. The molecule has 0 atom stereocenters. The molecule has 9 heteroatoms. The van der Waals surface area contributed by atoms with Crippen molar-refractivity contribution in [2.75, 3.05) is 6.26 Å². The third-order valence-corrected chi connectivity index (χ3v) is 4.40. The van der Waals surface area contributed by atoms with E-state index in [-0.39, 0.29) is 24.1 Å². The van der Waals surface area contributed by atoms with Crippen LogP contribution in [0.4, 0.5) is 5.69 Å². The molecule has 0 spiro atoms. The summed E-state index contributed by atoms with van der Waals surface area (Å²) in [7, 11) is 0. The predicted octanol–water partition coefficient (Wildman–Crippen LogP) is 4.12. The molecule has 0 saturated carbocycles. The third kappa shape index (κ3) is 5.04. The summed E-state index contributed by atoms with van der Waals surface area (Å²) in [6, 6.07) is 13.4. The zero-order valence-corrected chi connectivity index (χ0v) is 15.6. The van der Waals surface area contributed by atoms with Gasteiger partial charge >= 0.3 is 5.97 Å². The van der Waals surface area contributed by atoms with Crippen LogP contribution in [-0.4, -0.2) is 27.3 Å². The molecule has 0 radical (unpaired) electrons. The van der Waals surface area contributed by atoms with Crippen molar-refractivity contribution in [1.82, 2.24) is 10.2 Å². The standard InChI is InChI=1S/C19H15N3O5S/c1-28-16-9-2-13(3-10-16)4-11-18(23)26-12-17-20-21-19(27-17)14-5-7-15(8-6-14)22(24)25/h2-11H,12H2,1H3/b11-4+. The third-order valence-electron chi connectivity index (χ3n) is 3.66. The lowest BCUT2D eigenvalue weighted by Gasteiger charge is -1.98. The van der Waals surface area contributed by atoms with Crippen LogP contribution in [0.2, 0.25) is 0 Å². The fourth-order valence-corrected chi connectivity index (χ4v) is 2.62. The monoisotopic (exact) mass is 397 g/mol. The minimum Gasteiger partial charge on any atom is -0.452 e. The Labute approximate surface area is 164 Å². The summed E-state index contributed by atoms with van der Waals surface area (Å²) in [6.45, 7) is -0.172. The van der Waals surface area contributed by atoms with Gasteiger partial charge in [0.25, 0.3) is 11.6 Å². The van der Waals surface area contributed by atoms with Crippen molar-refractivity contribution in [3.8, 4) is 11.5 Å². The molecule has 0 fully saturated rings. The summed E-state index contributed by atoms with van der Waals surface area (Å²) >= 11 is 1.64. The molecule has 0 aliphatic rings. The Kier molecular flexibility index (Phi) is 6.18. The van der Waals surface area contributed by atoms with E-state index in [1.165, 1.54) is 30.3 Å². The van der Waals surface area contributed by atoms with Gasteiger partial charge in [-0.1, -0.05) is 12.1 Å². The van der Waals surface area contributed by atoms with Crippen LogP contribution in [0.5, 0.6) is 0 Å². The maximum Gasteiger partial charge on any atom is 0.331 e. The molecule has 1 heterocycles. The number of esters is 1. The Morgan fingerprint density at radius 2 is 1.89 bits per heavy atom. The number of ether oxygens (including phenoxy) is 1. The minimum atomic E-state index is -0.538. The summed E-state index contributed by atoms with van der Waals surface area (Å²) in [5, 5.41) is 18.3. The van der Waals surface area contributed by atoms with Gasteiger partial charge in [0.05, 0.1) is 4.92 Å². The van der Waals surface area contributed by atoms with Crippen molar-refractivity contribution in [2.45, 2.75) is 11.5 Å². The van der Waals surface area contributed by atoms with Crippen LogP contribution in [0.25, 0.3) is 17.5 Å². The number of hydrogen-bond donors (Lipinski definition) is 0. The van der Waals surface area contributed by atoms with Crippen molar-refractivity contribution in [3.05, 3.63) is 76.2 Å². The summed E-state index contributed by atoms with van der Waals surface area (Å²) in [5.74, 6) is -0.228. The molecule has 0 aliphatic carbocycles. The maximum atomic E-state index is 11.8. The largest absolute Gasteiger partial charge is 0.452 e. The molecule has 0 aliphatic heterocycles. The molecule has 0 N–H and O–H groups in total. The summed E-state index contributed by atoms with van der Waals surface area (Å²) < 4.78 is 10.5. The first-order valence-electron chi connectivity index (χ1n) is 8.11. The van der Waals surface area contributed by atoms with E-state index in [4.69, 9.17) is 9.15 Å². The van der Waals surface area contributed by atoms with E-state index in [0.717, 1.165) is 10.5 Å². The molecule has 3 rings (SSSR count). The molecule has 2 aromatic carbocycles. The number of rotatable bonds is 7. The number of hydrogen-bond acceptors (Lipinski definition) is 8. The minimum absolute atomic E-state index is 0.0349. The summed E-state index contributed by atoms with van der Waals surface area (Å²) in [4.78, 5) is 23.1. The number of nitro groups is 1. The van der Waals surface area contributed by atoms with Gasteiger partial charge in [0.15, 0.2) is 6.61 Å². The number of carbonyl (C=O) groups excluding carboxylic acids is 1. The van der Waals surface area contributed by atoms with Gasteiger partial charge in [-0.05, 0) is 42.2 Å². The highest BCUT2D eigenvalue weighted by Gasteiger charge is 2.12. The van der Waals surface area contributed by atoms with E-state index < -0.39 is 10.9 Å². The topological polar surface area (TPSA) is 108 Å². The predicted molar refractivity (Wildman–Crippen MR) is 103 cm³/mol. The van der Waals surface area contributed by atoms with Crippen LogP contribution in [0, 0.1) is 10.1 Å². The first-order chi connectivity index (χ1) is 13.5. The zero-order chi connectivity index (χ0) is 19.9. The van der Waals surface area contributed by atoms with E-state index in [2.05, 4.69) is 10.2 Å². The highest BCUT2D eigenvalue weighted by molar-refractivity contribution is 7.98. The van der Waals surface area contributed by atoms with Crippen LogP contribution in [0.3, 0.4) is 0 Å². The molecule has 0 saturated heterocycles. The maximum absolute atomic E-state index is 11.8. The molecule has 28 heavy (non-hydrogen) atoms. The number of thioether (sulfide) groups is 1. The molecular weight excluding hydrogens is 382 g/mol. The van der Waals surface area contributed by atoms with Crippen LogP contribution in [0.15, 0.2) is 63.9 Å². The summed E-state index contributed by atoms with van der Waals surface area (Å²) in [6.07, 6.45) is 4.97. The van der Waals surface area contributed by atoms with Crippen molar-refractivity contribution in [2.24, 2.45) is 0 Å². The molecule has 1 aromatic heterocycles. The lowest BCUT2D eigenvalue weighted by Crippen LogP contribution is -2.00. The first kappa shape index (κ1) is 19.3.